The summed E-state index contributed by atoms with van der Waals surface area (Å²) in [5.41, 5.74) is 0.325. The molecule has 0 aliphatic carbocycles. The van der Waals surface area contributed by atoms with Crippen molar-refractivity contribution in [3.63, 3.8) is 0 Å². The number of nitrogens with zero attached hydrogens (tertiary/aromatic N) is 3. The van der Waals surface area contributed by atoms with Gasteiger partial charge in [0, 0.05) is 30.9 Å². The van der Waals surface area contributed by atoms with E-state index in [1.165, 1.54) is 24.7 Å². The summed E-state index contributed by atoms with van der Waals surface area (Å²) in [5, 5.41) is 3.02. The number of rotatable bonds is 6. The van der Waals surface area contributed by atoms with Crippen molar-refractivity contribution in [1.29, 1.82) is 0 Å². The molecule has 25 heavy (non-hydrogen) atoms. The molecule has 3 rings (SSSR count). The van der Waals surface area contributed by atoms with E-state index in [4.69, 9.17) is 0 Å². The minimum Gasteiger partial charge on any atom is -0.351 e. The minimum atomic E-state index is -2.67. The molecule has 0 aliphatic heterocycles. The zero-order valence-electron chi connectivity index (χ0n) is 12.8. The molecular formula is C16H13F3N4OS. The molecule has 0 saturated carbocycles. The number of halogens is 3. The fourth-order valence-corrected chi connectivity index (χ4v) is 3.09. The van der Waals surface area contributed by atoms with Gasteiger partial charge in [0.1, 0.15) is 21.5 Å². The second kappa shape index (κ2) is 7.47. The number of carbonyl (C=O) groups is 1. The van der Waals surface area contributed by atoms with Gasteiger partial charge in [0.2, 0.25) is 0 Å². The highest BCUT2D eigenvalue weighted by molar-refractivity contribution is 7.16. The number of imidazole rings is 1. The first kappa shape index (κ1) is 17.2. The molecule has 1 N–H and O–H groups in total. The number of hydrogen-bond donors (Lipinski definition) is 1. The summed E-state index contributed by atoms with van der Waals surface area (Å²) in [6.07, 6.45) is 4.00. The summed E-state index contributed by atoms with van der Waals surface area (Å²) >= 11 is 1.06. The zero-order valence-corrected chi connectivity index (χ0v) is 13.6. The van der Waals surface area contributed by atoms with Crippen molar-refractivity contribution in [1.82, 2.24) is 19.9 Å². The topological polar surface area (TPSA) is 59.8 Å². The molecule has 130 valence electrons. The predicted molar refractivity (Wildman–Crippen MR) is 87.0 cm³/mol. The minimum absolute atomic E-state index is 0.148. The average Bonchev–Trinajstić information content (AvgIpc) is 3.24. The highest BCUT2D eigenvalue weighted by Gasteiger charge is 2.15. The quantitative estimate of drug-likeness (QED) is 0.726. The molecule has 2 heterocycles. The van der Waals surface area contributed by atoms with Crippen LogP contribution in [0.1, 0.15) is 22.0 Å². The molecule has 0 aliphatic rings. The molecule has 1 aromatic carbocycles. The maximum Gasteiger partial charge on any atom is 0.319 e. The molecule has 1 amide bonds. The normalized spacial score (nSPS) is 11.0. The number of carbonyl (C=O) groups excluding carboxylic acids is 1. The molecule has 0 radical (unpaired) electrons. The average molecular weight is 366 g/mol. The number of thiazole rings is 1. The second-order valence-corrected chi connectivity index (χ2v) is 6.07. The molecule has 3 aromatic rings. The molecule has 0 unspecified atom stereocenters. The van der Waals surface area contributed by atoms with Gasteiger partial charge in [-0.2, -0.15) is 8.78 Å². The van der Waals surface area contributed by atoms with Crippen LogP contribution in [-0.4, -0.2) is 27.0 Å². The Morgan fingerprint density at radius 2 is 2.08 bits per heavy atom. The first-order chi connectivity index (χ1) is 12.1. The first-order valence-electron chi connectivity index (χ1n) is 7.35. The van der Waals surface area contributed by atoms with E-state index in [9.17, 15) is 18.0 Å². The Balaban J connectivity index is 1.61. The third kappa shape index (κ3) is 3.87. The summed E-state index contributed by atoms with van der Waals surface area (Å²) in [6, 6.07) is 6.16. The van der Waals surface area contributed by atoms with E-state index in [1.54, 1.807) is 18.2 Å². The molecule has 0 saturated heterocycles. The van der Waals surface area contributed by atoms with Crippen LogP contribution >= 0.6 is 11.3 Å². The van der Waals surface area contributed by atoms with Gasteiger partial charge in [-0.25, -0.2) is 14.4 Å². The Bertz CT molecular complexity index is 878. The van der Waals surface area contributed by atoms with Crippen molar-refractivity contribution < 1.29 is 18.0 Å². The molecule has 9 heteroatoms. The lowest BCUT2D eigenvalue weighted by Crippen LogP contribution is -2.25. The largest absolute Gasteiger partial charge is 0.351 e. The van der Waals surface area contributed by atoms with Crippen molar-refractivity contribution in [3.8, 4) is 10.6 Å². The standard InChI is InChI=1S/C16H13F3N4OS/c17-11-4-2-1-3-10(11)15-22-9-12(25-15)14(24)21-6-5-13-20-7-8-23(13)16(18)19/h1-4,7-9,16H,5-6H2,(H,21,24). The first-order valence-corrected chi connectivity index (χ1v) is 8.16. The van der Waals surface area contributed by atoms with E-state index in [2.05, 4.69) is 15.3 Å². The van der Waals surface area contributed by atoms with Crippen LogP contribution in [0.4, 0.5) is 13.2 Å². The van der Waals surface area contributed by atoms with Crippen LogP contribution in [0.3, 0.4) is 0 Å². The smallest absolute Gasteiger partial charge is 0.319 e. The van der Waals surface area contributed by atoms with Gasteiger partial charge in [0.25, 0.3) is 5.91 Å². The number of alkyl halides is 2. The molecule has 0 fully saturated rings. The molecule has 0 bridgehead atoms. The van der Waals surface area contributed by atoms with Crippen LogP contribution in [-0.2, 0) is 6.42 Å². The van der Waals surface area contributed by atoms with Gasteiger partial charge in [0.15, 0.2) is 0 Å². The lowest BCUT2D eigenvalue weighted by Gasteiger charge is -2.06. The Morgan fingerprint density at radius 1 is 1.28 bits per heavy atom. The monoisotopic (exact) mass is 366 g/mol. The Kier molecular flexibility index (Phi) is 5.13. The number of hydrogen-bond acceptors (Lipinski definition) is 4. The fourth-order valence-electron chi connectivity index (χ4n) is 2.23. The number of nitrogens with one attached hydrogen (secondary N) is 1. The van der Waals surface area contributed by atoms with Crippen LogP contribution in [0, 0.1) is 5.82 Å². The Morgan fingerprint density at radius 3 is 2.84 bits per heavy atom. The van der Waals surface area contributed by atoms with E-state index >= 15 is 0 Å². The van der Waals surface area contributed by atoms with Gasteiger partial charge in [0.05, 0.1) is 6.20 Å². The Hall–Kier alpha value is -2.68. The SMILES string of the molecule is O=C(NCCc1nccn1C(F)F)c1cnc(-c2ccccc2F)s1. The highest BCUT2D eigenvalue weighted by Crippen LogP contribution is 2.27. The lowest BCUT2D eigenvalue weighted by molar-refractivity contribution is 0.0670. The van der Waals surface area contributed by atoms with E-state index in [0.29, 0.717) is 15.4 Å². The van der Waals surface area contributed by atoms with Gasteiger partial charge in [-0.1, -0.05) is 12.1 Å². The summed E-state index contributed by atoms with van der Waals surface area (Å²) in [5.74, 6) is -0.621. The van der Waals surface area contributed by atoms with Gasteiger partial charge in [-0.3, -0.25) is 9.36 Å². The van der Waals surface area contributed by atoms with Gasteiger partial charge >= 0.3 is 6.55 Å². The van der Waals surface area contributed by atoms with Gasteiger partial charge < -0.3 is 5.32 Å². The molecule has 0 spiro atoms. The van der Waals surface area contributed by atoms with Crippen molar-refractivity contribution in [2.75, 3.05) is 6.54 Å². The van der Waals surface area contributed by atoms with E-state index in [-0.39, 0.29) is 18.8 Å². The van der Waals surface area contributed by atoms with Crippen LogP contribution in [0.5, 0.6) is 0 Å². The fraction of sp³-hybridized carbons (Fsp3) is 0.188. The third-order valence-electron chi connectivity index (χ3n) is 3.43. The van der Waals surface area contributed by atoms with Crippen molar-refractivity contribution in [2.24, 2.45) is 0 Å². The summed E-state index contributed by atoms with van der Waals surface area (Å²) < 4.78 is 39.9. The molecule has 5 nitrogen and oxygen atoms in total. The van der Waals surface area contributed by atoms with Crippen molar-refractivity contribution >= 4 is 17.2 Å². The summed E-state index contributed by atoms with van der Waals surface area (Å²) in [7, 11) is 0. The highest BCUT2D eigenvalue weighted by atomic mass is 32.1. The predicted octanol–water partition coefficient (Wildman–Crippen LogP) is 3.51. The second-order valence-electron chi connectivity index (χ2n) is 5.04. The molecule has 0 atom stereocenters. The molecular weight excluding hydrogens is 353 g/mol. The van der Waals surface area contributed by atoms with Crippen LogP contribution in [0.2, 0.25) is 0 Å². The van der Waals surface area contributed by atoms with Crippen LogP contribution < -0.4 is 5.32 Å². The Labute approximate surface area is 145 Å². The summed E-state index contributed by atoms with van der Waals surface area (Å²) in [6.45, 7) is -2.52. The van der Waals surface area contributed by atoms with E-state index in [1.807, 2.05) is 0 Å². The van der Waals surface area contributed by atoms with Gasteiger partial charge in [-0.05, 0) is 12.1 Å². The lowest BCUT2D eigenvalue weighted by atomic mass is 10.2. The third-order valence-corrected chi connectivity index (χ3v) is 4.46. The van der Waals surface area contributed by atoms with Crippen molar-refractivity contribution in [2.45, 2.75) is 13.0 Å². The number of amides is 1. The van der Waals surface area contributed by atoms with E-state index < -0.39 is 18.3 Å². The number of aromatic nitrogens is 3. The number of benzene rings is 1. The van der Waals surface area contributed by atoms with Crippen LogP contribution in [0.25, 0.3) is 10.6 Å². The maximum absolute atomic E-state index is 13.7. The van der Waals surface area contributed by atoms with E-state index in [0.717, 1.165) is 15.9 Å². The molecule has 2 aromatic heterocycles. The zero-order chi connectivity index (χ0) is 17.8. The summed E-state index contributed by atoms with van der Waals surface area (Å²) in [4.78, 5) is 20.3. The van der Waals surface area contributed by atoms with Crippen LogP contribution in [0.15, 0.2) is 42.9 Å². The van der Waals surface area contributed by atoms with Gasteiger partial charge in [-0.15, -0.1) is 11.3 Å². The van der Waals surface area contributed by atoms with Crippen molar-refractivity contribution in [3.05, 3.63) is 59.4 Å². The maximum atomic E-state index is 13.7.